The minimum atomic E-state index is -1.12. The van der Waals surface area contributed by atoms with Gasteiger partial charge in [0.1, 0.15) is 11.4 Å². The van der Waals surface area contributed by atoms with E-state index in [-0.39, 0.29) is 12.5 Å². The molecule has 0 radical (unpaired) electrons. The van der Waals surface area contributed by atoms with Gasteiger partial charge in [0.05, 0.1) is 6.54 Å². The molecule has 28 heavy (non-hydrogen) atoms. The van der Waals surface area contributed by atoms with Crippen LogP contribution < -0.4 is 16.0 Å². The molecule has 1 saturated heterocycles. The molecule has 1 atom stereocenters. The molecule has 1 heterocycles. The normalized spacial score (nSPS) is 21.2. The number of carbonyl (C=O) groups excluding carboxylic acids is 3. The number of hydrogen-bond acceptors (Lipinski definition) is 3. The van der Waals surface area contributed by atoms with Gasteiger partial charge < -0.3 is 10.6 Å². The molecule has 7 heteroatoms. The van der Waals surface area contributed by atoms with Gasteiger partial charge in [0.2, 0.25) is 0 Å². The Morgan fingerprint density at radius 1 is 1.21 bits per heavy atom. The second kappa shape index (κ2) is 6.74. The van der Waals surface area contributed by atoms with Gasteiger partial charge in [-0.1, -0.05) is 30.3 Å². The molecular weight excluding hydrogens is 361 g/mol. The molecule has 0 unspecified atom stereocenters. The molecule has 1 aliphatic heterocycles. The van der Waals surface area contributed by atoms with Gasteiger partial charge in [-0.3, -0.25) is 14.9 Å². The van der Waals surface area contributed by atoms with Crippen LogP contribution in [0.25, 0.3) is 11.1 Å². The number of halogens is 1. The predicted molar refractivity (Wildman–Crippen MR) is 101 cm³/mol. The molecule has 2 aromatic rings. The minimum Gasteiger partial charge on any atom is -0.349 e. The van der Waals surface area contributed by atoms with Gasteiger partial charge in [-0.2, -0.15) is 0 Å². The second-order valence-electron chi connectivity index (χ2n) is 7.35. The van der Waals surface area contributed by atoms with E-state index in [0.29, 0.717) is 16.7 Å². The highest BCUT2D eigenvalue weighted by atomic mass is 19.1. The summed E-state index contributed by atoms with van der Waals surface area (Å²) in [5.41, 5.74) is 0.751. The molecule has 0 spiro atoms. The van der Waals surface area contributed by atoms with Gasteiger partial charge in [-0.15, -0.1) is 0 Å². The lowest BCUT2D eigenvalue weighted by molar-refractivity contribution is -0.124. The third-order valence-electron chi connectivity index (χ3n) is 5.40. The van der Waals surface area contributed by atoms with E-state index in [2.05, 4.69) is 16.0 Å². The Bertz CT molecular complexity index is 972. The first-order valence-corrected chi connectivity index (χ1v) is 9.18. The Morgan fingerprint density at radius 2 is 1.93 bits per heavy atom. The predicted octanol–water partition coefficient (Wildman–Crippen LogP) is 2.52. The number of rotatable bonds is 5. The number of benzene rings is 2. The van der Waals surface area contributed by atoms with E-state index in [0.717, 1.165) is 18.4 Å². The van der Waals surface area contributed by atoms with Crippen LogP contribution in [0.1, 0.15) is 28.8 Å². The molecule has 4 amide bonds. The fourth-order valence-electron chi connectivity index (χ4n) is 3.68. The Morgan fingerprint density at radius 3 is 2.54 bits per heavy atom. The van der Waals surface area contributed by atoms with E-state index in [1.165, 1.54) is 12.1 Å². The van der Waals surface area contributed by atoms with Crippen molar-refractivity contribution in [2.75, 3.05) is 6.54 Å². The van der Waals surface area contributed by atoms with Gasteiger partial charge in [0.15, 0.2) is 0 Å². The highest BCUT2D eigenvalue weighted by Gasteiger charge is 2.56. The quantitative estimate of drug-likeness (QED) is 0.696. The summed E-state index contributed by atoms with van der Waals surface area (Å²) in [5.74, 6) is -1.23. The Hall–Kier alpha value is -3.22. The first-order valence-electron chi connectivity index (χ1n) is 9.18. The zero-order valence-corrected chi connectivity index (χ0v) is 15.3. The lowest BCUT2D eigenvalue weighted by Gasteiger charge is -2.26. The Balaban J connectivity index is 1.63. The molecule has 2 aliphatic rings. The number of carbonyl (C=O) groups is 3. The van der Waals surface area contributed by atoms with Crippen LogP contribution in [0.5, 0.6) is 0 Å². The molecule has 0 bridgehead atoms. The molecule has 1 aliphatic carbocycles. The Labute approximate surface area is 161 Å². The van der Waals surface area contributed by atoms with E-state index in [1.54, 1.807) is 19.1 Å². The lowest BCUT2D eigenvalue weighted by atomic mass is 9.92. The number of imide groups is 1. The van der Waals surface area contributed by atoms with Gasteiger partial charge in [0, 0.05) is 5.56 Å². The van der Waals surface area contributed by atoms with Crippen molar-refractivity contribution < 1.29 is 18.8 Å². The molecule has 144 valence electrons. The molecule has 6 nitrogen and oxygen atoms in total. The third-order valence-corrected chi connectivity index (χ3v) is 5.40. The van der Waals surface area contributed by atoms with Crippen molar-refractivity contribution in [3.05, 3.63) is 59.4 Å². The minimum absolute atomic E-state index is 0.00259. The fourth-order valence-corrected chi connectivity index (χ4v) is 3.68. The lowest BCUT2D eigenvalue weighted by Crippen LogP contribution is -2.57. The maximum Gasteiger partial charge on any atom is 0.322 e. The molecule has 4 rings (SSSR count). The molecule has 1 saturated carbocycles. The summed E-state index contributed by atoms with van der Waals surface area (Å²) in [6, 6.07) is 11.4. The summed E-state index contributed by atoms with van der Waals surface area (Å²) in [4.78, 5) is 36.9. The number of amides is 4. The van der Waals surface area contributed by atoms with Gasteiger partial charge in [-0.25, -0.2) is 9.18 Å². The van der Waals surface area contributed by atoms with Gasteiger partial charge >= 0.3 is 6.03 Å². The summed E-state index contributed by atoms with van der Waals surface area (Å²) in [5, 5.41) is 7.71. The summed E-state index contributed by atoms with van der Waals surface area (Å²) >= 11 is 0. The smallest absolute Gasteiger partial charge is 0.322 e. The van der Waals surface area contributed by atoms with E-state index >= 15 is 0 Å². The zero-order chi connectivity index (χ0) is 19.9. The van der Waals surface area contributed by atoms with Crippen molar-refractivity contribution in [1.82, 2.24) is 16.0 Å². The maximum atomic E-state index is 14.2. The summed E-state index contributed by atoms with van der Waals surface area (Å²) in [6.07, 6.45) is 1.63. The largest absolute Gasteiger partial charge is 0.349 e. The van der Waals surface area contributed by atoms with Crippen LogP contribution in [-0.2, 0) is 4.79 Å². The highest BCUT2D eigenvalue weighted by molar-refractivity contribution is 6.08. The van der Waals surface area contributed by atoms with Crippen molar-refractivity contribution in [3.63, 3.8) is 0 Å². The summed E-state index contributed by atoms with van der Waals surface area (Å²) in [7, 11) is 0. The van der Waals surface area contributed by atoms with Crippen LogP contribution in [0.3, 0.4) is 0 Å². The fraction of sp³-hybridized carbons (Fsp3) is 0.286. The Kier molecular flexibility index (Phi) is 4.37. The van der Waals surface area contributed by atoms with Crippen LogP contribution >= 0.6 is 0 Å². The number of aryl methyl sites for hydroxylation is 1. The second-order valence-corrected chi connectivity index (χ2v) is 7.35. The standard InChI is InChI=1S/C21H20FN3O3/c1-12-9-16(15(10-17(12)22)13-5-3-2-4-6-13)18(26)23-11-21(14-7-8-14)19(27)24-20(28)25-21/h2-6,9-10,14H,7-8,11H2,1H3,(H,23,26)(H2,24,25,27,28)/t21-/m0/s1. The summed E-state index contributed by atoms with van der Waals surface area (Å²) in [6.45, 7) is 1.58. The topological polar surface area (TPSA) is 87.3 Å². The van der Waals surface area contributed by atoms with Crippen LogP contribution in [0.15, 0.2) is 42.5 Å². The van der Waals surface area contributed by atoms with Crippen molar-refractivity contribution in [1.29, 1.82) is 0 Å². The average molecular weight is 381 g/mol. The number of hydrogen-bond donors (Lipinski definition) is 3. The van der Waals surface area contributed by atoms with Crippen LogP contribution in [-0.4, -0.2) is 29.9 Å². The van der Waals surface area contributed by atoms with Crippen LogP contribution in [0, 0.1) is 18.7 Å². The van der Waals surface area contributed by atoms with Crippen molar-refractivity contribution in [2.24, 2.45) is 5.92 Å². The maximum absolute atomic E-state index is 14.2. The van der Waals surface area contributed by atoms with E-state index in [9.17, 15) is 18.8 Å². The number of nitrogens with one attached hydrogen (secondary N) is 3. The third kappa shape index (κ3) is 3.13. The van der Waals surface area contributed by atoms with E-state index in [1.807, 2.05) is 18.2 Å². The van der Waals surface area contributed by atoms with Crippen LogP contribution in [0.2, 0.25) is 0 Å². The molecular formula is C21H20FN3O3. The highest BCUT2D eigenvalue weighted by Crippen LogP contribution is 2.41. The average Bonchev–Trinajstić information content (AvgIpc) is 3.48. The summed E-state index contributed by atoms with van der Waals surface area (Å²) < 4.78 is 14.2. The monoisotopic (exact) mass is 381 g/mol. The SMILES string of the molecule is Cc1cc(C(=O)NC[C@@]2(C3CC3)NC(=O)NC2=O)c(-c2ccccc2)cc1F. The van der Waals surface area contributed by atoms with Crippen molar-refractivity contribution in [3.8, 4) is 11.1 Å². The van der Waals surface area contributed by atoms with E-state index < -0.39 is 29.2 Å². The van der Waals surface area contributed by atoms with Crippen molar-refractivity contribution >= 4 is 17.8 Å². The molecule has 2 aromatic carbocycles. The molecule has 3 N–H and O–H groups in total. The van der Waals surface area contributed by atoms with Gasteiger partial charge in [-0.05, 0) is 54.5 Å². The zero-order valence-electron chi connectivity index (χ0n) is 15.3. The van der Waals surface area contributed by atoms with Crippen molar-refractivity contribution in [2.45, 2.75) is 25.3 Å². The van der Waals surface area contributed by atoms with E-state index in [4.69, 9.17) is 0 Å². The molecule has 0 aromatic heterocycles. The first-order chi connectivity index (χ1) is 13.4. The first kappa shape index (κ1) is 18.2. The number of urea groups is 1. The van der Waals surface area contributed by atoms with Crippen LogP contribution in [0.4, 0.5) is 9.18 Å². The van der Waals surface area contributed by atoms with Gasteiger partial charge in [0.25, 0.3) is 11.8 Å². The molecule has 2 fully saturated rings.